The van der Waals surface area contributed by atoms with Crippen molar-refractivity contribution >= 4 is 23.2 Å². The molecule has 1 aromatic heterocycles. The van der Waals surface area contributed by atoms with Gasteiger partial charge in [0.25, 0.3) is 11.6 Å². The molecule has 0 atom stereocenters. The number of oxazole rings is 1. The second-order valence-electron chi connectivity index (χ2n) is 4.36. The van der Waals surface area contributed by atoms with Gasteiger partial charge in [-0.2, -0.15) is 0 Å². The summed E-state index contributed by atoms with van der Waals surface area (Å²) < 4.78 is 5.33. The number of benzene rings is 1. The van der Waals surface area contributed by atoms with Gasteiger partial charge in [0.05, 0.1) is 17.2 Å². The van der Waals surface area contributed by atoms with Crippen LogP contribution in [0.4, 0.5) is 5.69 Å². The Balaban J connectivity index is 2.06. The number of aryl methyl sites for hydroxylation is 2. The fraction of sp³-hybridized carbons (Fsp3) is 0.231. The van der Waals surface area contributed by atoms with E-state index in [9.17, 15) is 14.9 Å². The van der Waals surface area contributed by atoms with Crippen molar-refractivity contribution in [3.05, 3.63) is 56.2 Å². The number of rotatable bonds is 4. The number of carbonyl (C=O) groups is 1. The van der Waals surface area contributed by atoms with Crippen LogP contribution in [0.5, 0.6) is 0 Å². The van der Waals surface area contributed by atoms with Gasteiger partial charge in [0.1, 0.15) is 10.8 Å². The van der Waals surface area contributed by atoms with E-state index in [1.807, 2.05) is 0 Å². The molecule has 2 aromatic rings. The molecule has 2 rings (SSSR count). The number of hydrogen-bond donors (Lipinski definition) is 1. The first-order valence-electron chi connectivity index (χ1n) is 6.03. The highest BCUT2D eigenvalue weighted by Crippen LogP contribution is 2.24. The molecule has 7 nitrogen and oxygen atoms in total. The number of nitro groups is 1. The Labute approximate surface area is 125 Å². The van der Waals surface area contributed by atoms with Gasteiger partial charge in [-0.1, -0.05) is 11.6 Å². The molecule has 1 heterocycles. The summed E-state index contributed by atoms with van der Waals surface area (Å²) >= 11 is 5.76. The van der Waals surface area contributed by atoms with Crippen LogP contribution in [0.2, 0.25) is 5.02 Å². The summed E-state index contributed by atoms with van der Waals surface area (Å²) in [4.78, 5) is 26.1. The topological polar surface area (TPSA) is 98.3 Å². The van der Waals surface area contributed by atoms with Gasteiger partial charge in [-0.15, -0.1) is 0 Å². The van der Waals surface area contributed by atoms with E-state index in [1.54, 1.807) is 13.8 Å². The van der Waals surface area contributed by atoms with Gasteiger partial charge in [-0.3, -0.25) is 14.9 Å². The fourth-order valence-electron chi connectivity index (χ4n) is 1.67. The zero-order valence-electron chi connectivity index (χ0n) is 11.3. The van der Waals surface area contributed by atoms with Crippen molar-refractivity contribution in [3.63, 3.8) is 0 Å². The molecule has 21 heavy (non-hydrogen) atoms. The number of hydrogen-bond acceptors (Lipinski definition) is 5. The minimum atomic E-state index is -0.609. The van der Waals surface area contributed by atoms with E-state index in [4.69, 9.17) is 16.0 Å². The summed E-state index contributed by atoms with van der Waals surface area (Å²) in [6, 6.07) is 3.78. The lowest BCUT2D eigenvalue weighted by atomic mass is 10.2. The highest BCUT2D eigenvalue weighted by atomic mass is 35.5. The van der Waals surface area contributed by atoms with Crippen molar-refractivity contribution in [3.8, 4) is 0 Å². The van der Waals surface area contributed by atoms with Crippen LogP contribution in [0.1, 0.15) is 27.7 Å². The molecule has 0 saturated heterocycles. The van der Waals surface area contributed by atoms with Crippen LogP contribution in [0, 0.1) is 24.0 Å². The van der Waals surface area contributed by atoms with Gasteiger partial charge >= 0.3 is 0 Å². The molecule has 8 heteroatoms. The lowest BCUT2D eigenvalue weighted by Crippen LogP contribution is -2.23. The van der Waals surface area contributed by atoms with E-state index in [0.29, 0.717) is 11.7 Å². The van der Waals surface area contributed by atoms with Crippen LogP contribution < -0.4 is 5.32 Å². The lowest BCUT2D eigenvalue weighted by Gasteiger charge is -2.03. The summed E-state index contributed by atoms with van der Waals surface area (Å²) in [7, 11) is 0. The average Bonchev–Trinajstić information content (AvgIpc) is 2.74. The van der Waals surface area contributed by atoms with Crippen LogP contribution in [-0.4, -0.2) is 15.8 Å². The molecule has 110 valence electrons. The molecule has 0 spiro atoms. The Morgan fingerprint density at radius 2 is 2.19 bits per heavy atom. The molecule has 1 N–H and O–H groups in total. The Hall–Kier alpha value is -2.41. The first-order chi connectivity index (χ1) is 9.88. The van der Waals surface area contributed by atoms with Crippen molar-refractivity contribution < 1.29 is 14.1 Å². The Bertz CT molecular complexity index is 692. The first-order valence-corrected chi connectivity index (χ1v) is 6.41. The summed E-state index contributed by atoms with van der Waals surface area (Å²) in [6.45, 7) is 3.71. The zero-order chi connectivity index (χ0) is 15.6. The van der Waals surface area contributed by atoms with E-state index in [2.05, 4.69) is 10.3 Å². The second-order valence-corrected chi connectivity index (χ2v) is 4.76. The predicted octanol–water partition coefficient (Wildman–Crippen LogP) is 2.78. The number of nitrogens with zero attached hydrogens (tertiary/aromatic N) is 2. The van der Waals surface area contributed by atoms with Crippen LogP contribution in [0.3, 0.4) is 0 Å². The molecule has 0 saturated carbocycles. The quantitative estimate of drug-likeness (QED) is 0.691. The normalized spacial score (nSPS) is 10.4. The molecule has 0 radical (unpaired) electrons. The standard InChI is InChI=1S/C13H12ClN3O4/c1-7-8(2)21-12(16-7)6-15-13(18)9-3-4-11(17(19)20)10(14)5-9/h3-5H,6H2,1-2H3,(H,15,18). The third-order valence-corrected chi connectivity index (χ3v) is 3.18. The van der Waals surface area contributed by atoms with E-state index in [-0.39, 0.29) is 22.8 Å². The molecule has 0 unspecified atom stereocenters. The monoisotopic (exact) mass is 309 g/mol. The van der Waals surface area contributed by atoms with Crippen LogP contribution in [-0.2, 0) is 6.54 Å². The number of halogens is 1. The highest BCUT2D eigenvalue weighted by molar-refractivity contribution is 6.33. The van der Waals surface area contributed by atoms with Gasteiger partial charge in [0, 0.05) is 11.6 Å². The van der Waals surface area contributed by atoms with Crippen molar-refractivity contribution in [2.75, 3.05) is 0 Å². The highest BCUT2D eigenvalue weighted by Gasteiger charge is 2.15. The Kier molecular flexibility index (Phi) is 4.23. The Morgan fingerprint density at radius 1 is 1.48 bits per heavy atom. The summed E-state index contributed by atoms with van der Waals surface area (Å²) in [6.07, 6.45) is 0. The minimum Gasteiger partial charge on any atom is -0.444 e. The van der Waals surface area contributed by atoms with Crippen molar-refractivity contribution in [1.82, 2.24) is 10.3 Å². The predicted molar refractivity (Wildman–Crippen MR) is 75.3 cm³/mol. The lowest BCUT2D eigenvalue weighted by molar-refractivity contribution is -0.384. The molecule has 0 fully saturated rings. The van der Waals surface area contributed by atoms with Gasteiger partial charge in [-0.25, -0.2) is 4.98 Å². The second kappa shape index (κ2) is 5.92. The van der Waals surface area contributed by atoms with E-state index >= 15 is 0 Å². The van der Waals surface area contributed by atoms with Gasteiger partial charge in [0.2, 0.25) is 5.89 Å². The minimum absolute atomic E-state index is 0.0875. The molecule has 0 bridgehead atoms. The number of nitrogens with one attached hydrogen (secondary N) is 1. The van der Waals surface area contributed by atoms with E-state index in [1.165, 1.54) is 18.2 Å². The largest absolute Gasteiger partial charge is 0.444 e. The molecular weight excluding hydrogens is 298 g/mol. The maximum absolute atomic E-state index is 11.9. The molecule has 1 amide bonds. The van der Waals surface area contributed by atoms with Gasteiger partial charge < -0.3 is 9.73 Å². The zero-order valence-corrected chi connectivity index (χ0v) is 12.1. The molecule has 0 aliphatic heterocycles. The number of amides is 1. The number of carbonyl (C=O) groups excluding carboxylic acids is 1. The average molecular weight is 310 g/mol. The first kappa shape index (κ1) is 15.0. The maximum Gasteiger partial charge on any atom is 0.287 e. The molecule has 1 aromatic carbocycles. The third kappa shape index (κ3) is 3.38. The smallest absolute Gasteiger partial charge is 0.287 e. The summed E-state index contributed by atoms with van der Waals surface area (Å²) in [5.41, 5.74) is 0.746. The summed E-state index contributed by atoms with van der Waals surface area (Å²) in [5.74, 6) is 0.671. The van der Waals surface area contributed by atoms with Gasteiger partial charge in [0.15, 0.2) is 0 Å². The van der Waals surface area contributed by atoms with Crippen LogP contribution in [0.15, 0.2) is 22.6 Å². The van der Waals surface area contributed by atoms with Crippen molar-refractivity contribution in [2.45, 2.75) is 20.4 Å². The number of aromatic nitrogens is 1. The Morgan fingerprint density at radius 3 is 2.71 bits per heavy atom. The SMILES string of the molecule is Cc1nc(CNC(=O)c2ccc([N+](=O)[O-])c(Cl)c2)oc1C. The van der Waals surface area contributed by atoms with Crippen LogP contribution >= 0.6 is 11.6 Å². The molecule has 0 aliphatic rings. The number of nitro benzene ring substituents is 1. The molecule has 0 aliphatic carbocycles. The van der Waals surface area contributed by atoms with E-state index in [0.717, 1.165) is 5.69 Å². The van der Waals surface area contributed by atoms with E-state index < -0.39 is 10.8 Å². The maximum atomic E-state index is 11.9. The van der Waals surface area contributed by atoms with Crippen molar-refractivity contribution in [2.24, 2.45) is 0 Å². The third-order valence-electron chi connectivity index (χ3n) is 2.88. The molecular formula is C13H12ClN3O4. The van der Waals surface area contributed by atoms with Crippen LogP contribution in [0.25, 0.3) is 0 Å². The van der Waals surface area contributed by atoms with Gasteiger partial charge in [-0.05, 0) is 26.0 Å². The summed E-state index contributed by atoms with van der Waals surface area (Å²) in [5, 5.41) is 13.2. The van der Waals surface area contributed by atoms with Crippen molar-refractivity contribution in [1.29, 1.82) is 0 Å². The fourth-order valence-corrected chi connectivity index (χ4v) is 1.92.